The lowest BCUT2D eigenvalue weighted by molar-refractivity contribution is -0.384. The molecule has 0 unspecified atom stereocenters. The van der Waals surface area contributed by atoms with Gasteiger partial charge in [-0.2, -0.15) is 9.36 Å². The molecule has 1 amide bonds. The molecular weight excluding hydrogens is 983 g/mol. The van der Waals surface area contributed by atoms with Gasteiger partial charge < -0.3 is 33.3 Å². The van der Waals surface area contributed by atoms with Crippen LogP contribution in [0.15, 0.2) is 107 Å². The predicted octanol–water partition coefficient (Wildman–Crippen LogP) is 5.51. The first-order valence-electron chi connectivity index (χ1n) is 22.0. The van der Waals surface area contributed by atoms with Crippen LogP contribution in [0.4, 0.5) is 26.9 Å². The van der Waals surface area contributed by atoms with E-state index in [-0.39, 0.29) is 41.3 Å². The zero-order valence-corrected chi connectivity index (χ0v) is 40.8. The lowest BCUT2D eigenvalue weighted by Crippen LogP contribution is -2.43. The van der Waals surface area contributed by atoms with Crippen LogP contribution in [0.2, 0.25) is 0 Å². The SMILES string of the molecule is CS(=O)(=O)Nc1ccn(C(=O)Oc2ccc([N+](=O)[O-])cc2)n1.Cc1cccc(OC2CCN(C(=O)n3ccc(NS(C)(=O)=O)n3)CC2)c1-c1nnco1.Cc1cccc(OC2CCNCC2)c1-c1nnco1. The second-order valence-corrected chi connectivity index (χ2v) is 19.7. The molecule has 3 aromatic carbocycles. The summed E-state index contributed by atoms with van der Waals surface area (Å²) in [6, 6.07) is 19.0. The van der Waals surface area contributed by atoms with E-state index in [4.69, 9.17) is 23.0 Å². The molecule has 26 nitrogen and oxygen atoms in total. The fourth-order valence-electron chi connectivity index (χ4n) is 7.30. The number of nitrogens with zero attached hydrogens (tertiary/aromatic N) is 10. The maximum absolute atomic E-state index is 12.7. The lowest BCUT2D eigenvalue weighted by Gasteiger charge is -2.32. The van der Waals surface area contributed by atoms with Crippen molar-refractivity contribution in [3.8, 4) is 40.2 Å². The van der Waals surface area contributed by atoms with E-state index in [0.717, 1.165) is 75.8 Å². The third kappa shape index (κ3) is 14.4. The molecule has 0 radical (unpaired) electrons. The first-order chi connectivity index (χ1) is 34.4. The number of rotatable bonds is 12. The first kappa shape index (κ1) is 51.6. The van der Waals surface area contributed by atoms with Gasteiger partial charge in [-0.05, 0) is 75.2 Å². The Balaban J connectivity index is 0.000000164. The number of nitro groups is 1. The second kappa shape index (κ2) is 23.1. The quantitative estimate of drug-likeness (QED) is 0.100. The van der Waals surface area contributed by atoms with Crippen LogP contribution in [0.25, 0.3) is 22.9 Å². The van der Waals surface area contributed by atoms with Crippen molar-refractivity contribution in [2.75, 3.05) is 48.1 Å². The third-order valence-electron chi connectivity index (χ3n) is 10.6. The molecule has 2 fully saturated rings. The number of aryl methyl sites for hydroxylation is 2. The van der Waals surface area contributed by atoms with Gasteiger partial charge in [-0.15, -0.1) is 30.6 Å². The minimum Gasteiger partial charge on any atom is -0.489 e. The van der Waals surface area contributed by atoms with Gasteiger partial charge in [0, 0.05) is 62.6 Å². The molecule has 0 aliphatic carbocycles. The number of hydrogen-bond acceptors (Lipinski definition) is 20. The van der Waals surface area contributed by atoms with Gasteiger partial charge >= 0.3 is 12.1 Å². The highest BCUT2D eigenvalue weighted by Gasteiger charge is 2.27. The van der Waals surface area contributed by atoms with E-state index in [2.05, 4.69) is 45.4 Å². The van der Waals surface area contributed by atoms with Crippen LogP contribution >= 0.6 is 0 Å². The number of carbonyl (C=O) groups excluding carboxylic acids is 2. The molecule has 72 heavy (non-hydrogen) atoms. The molecule has 0 spiro atoms. The molecule has 6 heterocycles. The average molecular weight is 1030 g/mol. The summed E-state index contributed by atoms with van der Waals surface area (Å²) in [7, 11) is -6.96. The van der Waals surface area contributed by atoms with Crippen molar-refractivity contribution in [3.05, 3.63) is 119 Å². The Hall–Kier alpha value is -8.24. The summed E-state index contributed by atoms with van der Waals surface area (Å²) < 4.78 is 78.9. The molecule has 0 atom stereocenters. The lowest BCUT2D eigenvalue weighted by atomic mass is 10.1. The van der Waals surface area contributed by atoms with Gasteiger partial charge in [-0.25, -0.2) is 26.4 Å². The average Bonchev–Trinajstić information content (AvgIpc) is 4.20. The monoisotopic (exact) mass is 1030 g/mol. The molecule has 0 saturated carbocycles. The first-order valence-corrected chi connectivity index (χ1v) is 25.8. The van der Waals surface area contributed by atoms with Gasteiger partial charge in [0.2, 0.25) is 32.8 Å². The van der Waals surface area contributed by atoms with E-state index in [1.807, 2.05) is 50.2 Å². The van der Waals surface area contributed by atoms with Crippen molar-refractivity contribution in [3.63, 3.8) is 0 Å². The molecule has 2 aliphatic heterocycles. The molecule has 0 bridgehead atoms. The molecule has 4 aromatic heterocycles. The van der Waals surface area contributed by atoms with Gasteiger partial charge in [0.1, 0.15) is 29.5 Å². The Morgan fingerprint density at radius 2 is 1.19 bits per heavy atom. The second-order valence-electron chi connectivity index (χ2n) is 16.2. The molecule has 3 N–H and O–H groups in total. The van der Waals surface area contributed by atoms with Crippen molar-refractivity contribution < 1.29 is 54.4 Å². The topological polar surface area (TPSA) is 326 Å². The number of carbonyl (C=O) groups is 2. The summed E-state index contributed by atoms with van der Waals surface area (Å²) in [5.41, 5.74) is 3.57. The number of likely N-dealkylation sites (tertiary alicyclic amines) is 1. The summed E-state index contributed by atoms with van der Waals surface area (Å²) in [5, 5.41) is 37.0. The van der Waals surface area contributed by atoms with Crippen LogP contribution in [0.5, 0.6) is 17.2 Å². The number of non-ortho nitro benzene ring substituents is 1. The van der Waals surface area contributed by atoms with Crippen LogP contribution in [0.3, 0.4) is 0 Å². The molecular formula is C44H49N13O13S2. The van der Waals surface area contributed by atoms with Crippen molar-refractivity contribution in [1.82, 2.24) is 50.2 Å². The Bertz CT molecular complexity index is 3170. The third-order valence-corrected chi connectivity index (χ3v) is 11.8. The van der Waals surface area contributed by atoms with Crippen molar-refractivity contribution in [1.29, 1.82) is 0 Å². The number of amides is 1. The summed E-state index contributed by atoms with van der Waals surface area (Å²) in [5.74, 6) is 2.56. The largest absolute Gasteiger partial charge is 0.489 e. The molecule has 9 rings (SSSR count). The van der Waals surface area contributed by atoms with Gasteiger partial charge in [-0.1, -0.05) is 24.3 Å². The van der Waals surface area contributed by atoms with Crippen LogP contribution in [-0.4, -0.2) is 130 Å². The number of aromatic nitrogens is 8. The van der Waals surface area contributed by atoms with E-state index in [9.17, 15) is 36.5 Å². The minimum absolute atomic E-state index is 0.0388. The number of nitrogens with one attached hydrogen (secondary N) is 3. The standard InChI is InChI=1S/C19H22N6O5S.C14H17N3O2.C11H10N4O6S/c1-13-4-3-5-15(17(13)18-21-20-12-29-18)30-14-6-9-24(10-7-14)19(26)25-11-8-16(22-25)23-31(2,27)28;1-10-3-2-4-12(13(10)14-17-16-9-18-14)19-11-5-7-15-8-6-11;1-22(19,20)13-10-6-7-14(12-10)11(16)21-9-4-2-8(3-5-9)15(17)18/h3-5,8,11-12,14H,6-7,9-10H2,1-2H3,(H,22,23);2-4,9,11,15H,5-8H2,1H3;2-7H,1H3,(H,12,13). The van der Waals surface area contributed by atoms with Gasteiger partial charge in [0.05, 0.1) is 28.6 Å². The predicted molar refractivity (Wildman–Crippen MR) is 257 cm³/mol. The summed E-state index contributed by atoms with van der Waals surface area (Å²) in [6.07, 6.45) is 9.85. The summed E-state index contributed by atoms with van der Waals surface area (Å²) in [4.78, 5) is 36.0. The highest BCUT2D eigenvalue weighted by Crippen LogP contribution is 2.35. The number of piperidine rings is 2. The number of ether oxygens (including phenoxy) is 3. The number of nitro benzene ring substituents is 1. The van der Waals surface area contributed by atoms with Crippen molar-refractivity contribution >= 4 is 49.5 Å². The number of hydrogen-bond donors (Lipinski definition) is 3. The highest BCUT2D eigenvalue weighted by molar-refractivity contribution is 7.92. The fraction of sp³-hybridized carbons (Fsp3) is 0.318. The van der Waals surface area contributed by atoms with Crippen molar-refractivity contribution in [2.45, 2.75) is 51.7 Å². The summed E-state index contributed by atoms with van der Waals surface area (Å²) in [6.45, 7) is 6.96. The molecule has 380 valence electrons. The van der Waals surface area contributed by atoms with Gasteiger partial charge in [0.25, 0.3) is 17.5 Å². The maximum atomic E-state index is 12.7. The Labute approximate surface area is 411 Å². The zero-order chi connectivity index (χ0) is 51.4. The molecule has 2 saturated heterocycles. The van der Waals surface area contributed by atoms with E-state index in [1.165, 1.54) is 61.6 Å². The highest BCUT2D eigenvalue weighted by atomic mass is 32.2. The van der Waals surface area contributed by atoms with E-state index in [1.54, 1.807) is 4.90 Å². The van der Waals surface area contributed by atoms with Gasteiger partial charge in [0.15, 0.2) is 11.6 Å². The smallest absolute Gasteiger partial charge is 0.440 e. The zero-order valence-electron chi connectivity index (χ0n) is 39.1. The van der Waals surface area contributed by atoms with Crippen LogP contribution in [0, 0.1) is 24.0 Å². The Kier molecular flexibility index (Phi) is 16.6. The molecule has 28 heteroatoms. The van der Waals surface area contributed by atoms with Crippen LogP contribution < -0.4 is 29.0 Å². The number of benzene rings is 3. The Morgan fingerprint density at radius 3 is 1.67 bits per heavy atom. The molecule has 2 aliphatic rings. The van der Waals surface area contributed by atoms with Gasteiger partial charge in [-0.3, -0.25) is 19.6 Å². The van der Waals surface area contributed by atoms with E-state index in [0.29, 0.717) is 43.5 Å². The summed E-state index contributed by atoms with van der Waals surface area (Å²) >= 11 is 0. The van der Waals surface area contributed by atoms with E-state index >= 15 is 0 Å². The fourth-order valence-corrected chi connectivity index (χ4v) is 8.28. The minimum atomic E-state index is -3.50. The van der Waals surface area contributed by atoms with Crippen molar-refractivity contribution in [2.24, 2.45) is 0 Å². The molecule has 7 aromatic rings. The maximum Gasteiger partial charge on any atom is 0.440 e. The van der Waals surface area contributed by atoms with E-state index < -0.39 is 31.1 Å². The number of sulfonamides is 2. The van der Waals surface area contributed by atoms with Crippen LogP contribution in [0.1, 0.15) is 36.8 Å². The number of anilines is 2. The normalized spacial score (nSPS) is 14.2. The van der Waals surface area contributed by atoms with Crippen LogP contribution in [-0.2, 0) is 20.0 Å². The Morgan fingerprint density at radius 1 is 0.708 bits per heavy atom.